The van der Waals surface area contributed by atoms with Crippen molar-refractivity contribution >= 4 is 17.5 Å². The second-order valence-corrected chi connectivity index (χ2v) is 7.02. The molecule has 0 aliphatic carbocycles. The molecule has 3 aromatic carbocycles. The molecule has 6 nitrogen and oxygen atoms in total. The zero-order chi connectivity index (χ0) is 21.0. The van der Waals surface area contributed by atoms with Crippen molar-refractivity contribution in [3.8, 4) is 11.3 Å². The summed E-state index contributed by atoms with van der Waals surface area (Å²) in [5, 5.41) is 11.2. The molecule has 31 heavy (non-hydrogen) atoms. The fraction of sp³-hybridized carbons (Fsp3) is 0.0833. The van der Waals surface area contributed by atoms with Crippen LogP contribution >= 0.6 is 0 Å². The van der Waals surface area contributed by atoms with Gasteiger partial charge in [-0.05, 0) is 23.8 Å². The van der Waals surface area contributed by atoms with Gasteiger partial charge in [0.2, 0.25) is 11.8 Å². The van der Waals surface area contributed by atoms with Gasteiger partial charge in [-0.25, -0.2) is 14.4 Å². The Bertz CT molecular complexity index is 1230. The minimum Gasteiger partial charge on any atom is -0.475 e. The van der Waals surface area contributed by atoms with Gasteiger partial charge in [-0.3, -0.25) is 0 Å². The maximum Gasteiger partial charge on any atom is 0.247 e. The Balaban J connectivity index is 1.46. The molecule has 0 bridgehead atoms. The highest BCUT2D eigenvalue weighted by Crippen LogP contribution is 2.29. The predicted molar refractivity (Wildman–Crippen MR) is 117 cm³/mol. The van der Waals surface area contributed by atoms with Gasteiger partial charge in [-0.15, -0.1) is 5.10 Å². The lowest BCUT2D eigenvalue weighted by Crippen LogP contribution is -2.08. The highest BCUT2D eigenvalue weighted by Gasteiger charge is 2.24. The van der Waals surface area contributed by atoms with Gasteiger partial charge >= 0.3 is 0 Å². The summed E-state index contributed by atoms with van der Waals surface area (Å²) in [6, 6.07) is 23.8. The molecule has 0 unspecified atom stereocenters. The normalized spacial score (nSPS) is 15.3. The van der Waals surface area contributed by atoms with E-state index in [4.69, 9.17) is 4.74 Å². The number of anilines is 2. The predicted octanol–water partition coefficient (Wildman–Crippen LogP) is 4.94. The molecule has 0 fully saturated rings. The van der Waals surface area contributed by atoms with E-state index in [0.717, 1.165) is 11.1 Å². The summed E-state index contributed by atoms with van der Waals surface area (Å²) in [6.07, 6.45) is 1.60. The Kier molecular flexibility index (Phi) is 5.06. The van der Waals surface area contributed by atoms with Gasteiger partial charge in [0.15, 0.2) is 0 Å². The number of benzene rings is 3. The monoisotopic (exact) mass is 411 g/mol. The smallest absolute Gasteiger partial charge is 0.247 e. The molecule has 1 N–H and O–H groups in total. The molecule has 4 aromatic rings. The molecule has 5 rings (SSSR count). The van der Waals surface area contributed by atoms with Crippen LogP contribution in [0.2, 0.25) is 0 Å². The summed E-state index contributed by atoms with van der Waals surface area (Å²) in [6.45, 7) is 0.400. The first-order valence-electron chi connectivity index (χ1n) is 9.84. The Morgan fingerprint density at radius 2 is 1.71 bits per heavy atom. The van der Waals surface area contributed by atoms with Crippen molar-refractivity contribution < 1.29 is 9.13 Å². The van der Waals surface area contributed by atoms with Crippen LogP contribution in [0.3, 0.4) is 0 Å². The van der Waals surface area contributed by atoms with Crippen molar-refractivity contribution in [1.29, 1.82) is 0 Å². The van der Waals surface area contributed by atoms with Crippen LogP contribution in [0.5, 0.6) is 0 Å². The third kappa shape index (κ3) is 4.11. The molecule has 0 radical (unpaired) electrons. The van der Waals surface area contributed by atoms with Gasteiger partial charge in [0.25, 0.3) is 0 Å². The average Bonchev–Trinajstić information content (AvgIpc) is 3.32. The van der Waals surface area contributed by atoms with Crippen molar-refractivity contribution in [3.05, 3.63) is 102 Å². The topological polar surface area (TPSA) is 72.3 Å². The van der Waals surface area contributed by atoms with Crippen LogP contribution in [0.25, 0.3) is 11.3 Å². The molecule has 0 saturated carbocycles. The highest BCUT2D eigenvalue weighted by molar-refractivity contribution is 6.01. The molecule has 2 heterocycles. The van der Waals surface area contributed by atoms with Crippen LogP contribution in [-0.2, 0) is 4.74 Å². The first-order valence-corrected chi connectivity index (χ1v) is 9.84. The first-order chi connectivity index (χ1) is 15.3. The second-order valence-electron chi connectivity index (χ2n) is 7.02. The van der Waals surface area contributed by atoms with E-state index in [-0.39, 0.29) is 11.9 Å². The molecule has 1 aromatic heterocycles. The fourth-order valence-corrected chi connectivity index (χ4v) is 3.39. The summed E-state index contributed by atoms with van der Waals surface area (Å²) < 4.78 is 19.9. The number of nitrogens with one attached hydrogen (secondary N) is 1. The highest BCUT2D eigenvalue weighted by atomic mass is 19.1. The van der Waals surface area contributed by atoms with Crippen LogP contribution in [0.15, 0.2) is 90.1 Å². The van der Waals surface area contributed by atoms with E-state index in [1.54, 1.807) is 12.3 Å². The lowest BCUT2D eigenvalue weighted by atomic mass is 10.1. The molecule has 1 aliphatic heterocycles. The van der Waals surface area contributed by atoms with Crippen molar-refractivity contribution in [2.45, 2.75) is 6.04 Å². The van der Waals surface area contributed by atoms with E-state index in [2.05, 4.69) is 25.5 Å². The quantitative estimate of drug-likeness (QED) is 0.504. The Morgan fingerprint density at radius 3 is 2.52 bits per heavy atom. The van der Waals surface area contributed by atoms with E-state index in [1.807, 2.05) is 60.7 Å². The molecule has 1 atom stereocenters. The maximum absolute atomic E-state index is 14.1. The van der Waals surface area contributed by atoms with Crippen molar-refractivity contribution in [2.24, 2.45) is 4.99 Å². The second kappa shape index (κ2) is 8.31. The number of hydrogen-bond acceptors (Lipinski definition) is 6. The van der Waals surface area contributed by atoms with Crippen LogP contribution < -0.4 is 5.32 Å². The van der Waals surface area contributed by atoms with Crippen LogP contribution in [0, 0.1) is 5.82 Å². The van der Waals surface area contributed by atoms with Gasteiger partial charge in [0, 0.05) is 5.56 Å². The number of aromatic nitrogens is 3. The fourth-order valence-electron chi connectivity index (χ4n) is 3.39. The SMILES string of the molecule is Fc1ccc(Nc2nncc(-c3ccccc3)n2)c(C2=N[C@@H](c3ccccc3)CO2)c1. The largest absolute Gasteiger partial charge is 0.475 e. The number of hydrogen-bond donors (Lipinski definition) is 1. The number of nitrogens with zero attached hydrogens (tertiary/aromatic N) is 4. The van der Waals surface area contributed by atoms with Crippen LogP contribution in [-0.4, -0.2) is 27.7 Å². The van der Waals surface area contributed by atoms with Gasteiger partial charge < -0.3 is 10.1 Å². The van der Waals surface area contributed by atoms with Crippen molar-refractivity contribution in [3.63, 3.8) is 0 Å². The molecule has 7 heteroatoms. The zero-order valence-corrected chi connectivity index (χ0v) is 16.4. The van der Waals surface area contributed by atoms with Crippen LogP contribution in [0.1, 0.15) is 17.2 Å². The summed E-state index contributed by atoms with van der Waals surface area (Å²) in [7, 11) is 0. The minimum absolute atomic E-state index is 0.133. The molecule has 0 saturated heterocycles. The van der Waals surface area contributed by atoms with Gasteiger partial charge in [0.05, 0.1) is 23.1 Å². The molecule has 1 aliphatic rings. The van der Waals surface area contributed by atoms with Crippen molar-refractivity contribution in [1.82, 2.24) is 15.2 Å². The molecular formula is C24H18FN5O. The van der Waals surface area contributed by atoms with Gasteiger partial charge in [-0.2, -0.15) is 5.10 Å². The van der Waals surface area contributed by atoms with Gasteiger partial charge in [-0.1, -0.05) is 60.7 Å². The number of ether oxygens (including phenoxy) is 1. The molecular weight excluding hydrogens is 393 g/mol. The third-order valence-corrected chi connectivity index (χ3v) is 4.92. The maximum atomic E-state index is 14.1. The zero-order valence-electron chi connectivity index (χ0n) is 16.4. The van der Waals surface area contributed by atoms with Crippen molar-refractivity contribution in [2.75, 3.05) is 11.9 Å². The van der Waals surface area contributed by atoms with E-state index in [0.29, 0.717) is 35.4 Å². The van der Waals surface area contributed by atoms with Gasteiger partial charge in [0.1, 0.15) is 18.5 Å². The van der Waals surface area contributed by atoms with E-state index in [1.165, 1.54) is 12.1 Å². The third-order valence-electron chi connectivity index (χ3n) is 4.92. The Labute approximate surface area is 178 Å². The molecule has 0 spiro atoms. The minimum atomic E-state index is -0.382. The number of aliphatic imine (C=N–C) groups is 1. The lowest BCUT2D eigenvalue weighted by molar-refractivity contribution is 0.320. The molecule has 152 valence electrons. The molecule has 0 amide bonds. The lowest BCUT2D eigenvalue weighted by Gasteiger charge is -2.11. The summed E-state index contributed by atoms with van der Waals surface area (Å²) in [4.78, 5) is 9.20. The summed E-state index contributed by atoms with van der Waals surface area (Å²) in [5.74, 6) is 0.294. The van der Waals surface area contributed by atoms with E-state index in [9.17, 15) is 4.39 Å². The summed E-state index contributed by atoms with van der Waals surface area (Å²) in [5.41, 5.74) is 3.74. The Morgan fingerprint density at radius 1 is 0.935 bits per heavy atom. The number of rotatable bonds is 5. The summed E-state index contributed by atoms with van der Waals surface area (Å²) >= 11 is 0. The van der Waals surface area contributed by atoms with E-state index >= 15 is 0 Å². The van der Waals surface area contributed by atoms with Crippen LogP contribution in [0.4, 0.5) is 16.0 Å². The van der Waals surface area contributed by atoms with E-state index < -0.39 is 0 Å². The number of halogens is 1. The Hall–Kier alpha value is -4.13. The first kappa shape index (κ1) is 18.9. The standard InChI is InChI=1S/C24H18FN5O/c25-18-11-12-20(28-24-29-21(14-26-30-24)16-7-3-1-4-8-16)19(13-18)23-27-22(15-31-23)17-9-5-2-6-10-17/h1-14,22H,15H2,(H,28,29,30)/t22-/m1/s1. The average molecular weight is 411 g/mol.